The molecule has 2 aromatic rings. The van der Waals surface area contributed by atoms with Crippen LogP contribution >= 0.6 is 0 Å². The molecule has 0 amide bonds. The Morgan fingerprint density at radius 2 is 1.77 bits per heavy atom. The molecule has 0 aliphatic rings. The first kappa shape index (κ1) is 21.1. The molecule has 0 atom stereocenters. The van der Waals surface area contributed by atoms with E-state index in [1.165, 1.54) is 7.05 Å². The van der Waals surface area contributed by atoms with Gasteiger partial charge >= 0.3 is 5.69 Å². The highest BCUT2D eigenvalue weighted by molar-refractivity contribution is 7.92. The van der Waals surface area contributed by atoms with Crippen LogP contribution in [0.1, 0.15) is 25.1 Å². The summed E-state index contributed by atoms with van der Waals surface area (Å²) >= 11 is 0. The number of rotatable bonds is 3. The maximum Gasteiger partial charge on any atom is 0.335 e. The molecule has 0 unspecified atom stereocenters. The Labute approximate surface area is 150 Å². The number of benzene rings is 1. The van der Waals surface area contributed by atoms with Crippen LogP contribution in [0.2, 0.25) is 0 Å². The van der Waals surface area contributed by atoms with E-state index in [2.05, 4.69) is 4.72 Å². The van der Waals surface area contributed by atoms with Gasteiger partial charge in [-0.3, -0.25) is 9.52 Å². The number of hydrogen-bond acceptors (Lipinski definition) is 5. The van der Waals surface area contributed by atoms with Gasteiger partial charge in [-0.1, -0.05) is 13.8 Å². The Morgan fingerprint density at radius 3 is 2.27 bits per heavy atom. The highest BCUT2D eigenvalue weighted by Gasteiger charge is 2.17. The van der Waals surface area contributed by atoms with E-state index in [1.54, 1.807) is 13.0 Å². The van der Waals surface area contributed by atoms with E-state index in [1.807, 2.05) is 13.8 Å². The second-order valence-electron chi connectivity index (χ2n) is 5.14. The van der Waals surface area contributed by atoms with Crippen molar-refractivity contribution in [3.8, 4) is 11.8 Å². The van der Waals surface area contributed by atoms with Crippen molar-refractivity contribution in [1.29, 1.82) is 5.26 Å². The van der Waals surface area contributed by atoms with E-state index in [4.69, 9.17) is 5.26 Å². The number of nitrogens with zero attached hydrogens (tertiary/aromatic N) is 3. The van der Waals surface area contributed by atoms with Crippen LogP contribution < -0.4 is 16.0 Å². The average Bonchev–Trinajstić information content (AvgIpc) is 2.55. The standard InChI is InChI=1S/C14H13FN4O4S.C2H6/c1-8-4-13(20)19(14(21)18(8)2)12-6-11(17-24(3,22)23)9(7-16)5-10(12)15;1-2/h4-6,17H,1-3H3;1-2H3. The van der Waals surface area contributed by atoms with Crippen molar-refractivity contribution >= 4 is 15.7 Å². The quantitative estimate of drug-likeness (QED) is 0.858. The Bertz CT molecular complexity index is 1090. The number of hydrogen-bond donors (Lipinski definition) is 1. The van der Waals surface area contributed by atoms with Crippen LogP contribution in [0, 0.1) is 24.1 Å². The summed E-state index contributed by atoms with van der Waals surface area (Å²) < 4.78 is 40.8. The van der Waals surface area contributed by atoms with Gasteiger partial charge in [-0.05, 0) is 19.1 Å². The number of sulfonamides is 1. The average molecular weight is 382 g/mol. The lowest BCUT2D eigenvalue weighted by molar-refractivity contribution is 0.602. The zero-order chi connectivity index (χ0) is 20.2. The number of anilines is 1. The molecule has 0 fully saturated rings. The number of halogens is 1. The lowest BCUT2D eigenvalue weighted by Crippen LogP contribution is -2.38. The summed E-state index contributed by atoms with van der Waals surface area (Å²) in [7, 11) is -2.34. The summed E-state index contributed by atoms with van der Waals surface area (Å²) in [5.74, 6) is -1.01. The topological polar surface area (TPSA) is 114 Å². The largest absolute Gasteiger partial charge is 0.335 e. The highest BCUT2D eigenvalue weighted by Crippen LogP contribution is 2.22. The zero-order valence-corrected chi connectivity index (χ0v) is 15.8. The number of aryl methyl sites for hydroxylation is 1. The van der Waals surface area contributed by atoms with Crippen molar-refractivity contribution in [2.75, 3.05) is 11.0 Å². The molecule has 140 valence electrons. The second kappa shape index (κ2) is 7.97. The predicted molar refractivity (Wildman–Crippen MR) is 96.5 cm³/mol. The van der Waals surface area contributed by atoms with Gasteiger partial charge in [-0.25, -0.2) is 22.2 Å². The summed E-state index contributed by atoms with van der Waals surface area (Å²) in [6, 6.07) is 4.49. The van der Waals surface area contributed by atoms with Crippen LogP contribution in [0.15, 0.2) is 27.8 Å². The van der Waals surface area contributed by atoms with Gasteiger partial charge < -0.3 is 4.57 Å². The van der Waals surface area contributed by atoms with Gasteiger partial charge in [0.2, 0.25) is 10.0 Å². The predicted octanol–water partition coefficient (Wildman–Crippen LogP) is 1.25. The smallest absolute Gasteiger partial charge is 0.301 e. The maximum atomic E-state index is 14.3. The molecule has 8 nitrogen and oxygen atoms in total. The highest BCUT2D eigenvalue weighted by atomic mass is 32.2. The Balaban J connectivity index is 0.00000163. The molecule has 0 radical (unpaired) electrons. The van der Waals surface area contributed by atoms with Crippen LogP contribution in [0.5, 0.6) is 0 Å². The van der Waals surface area contributed by atoms with Crippen LogP contribution in [-0.2, 0) is 17.1 Å². The monoisotopic (exact) mass is 382 g/mol. The second-order valence-corrected chi connectivity index (χ2v) is 6.88. The number of nitrogens with one attached hydrogen (secondary N) is 1. The normalized spacial score (nSPS) is 10.5. The molecule has 0 aliphatic carbocycles. The molecule has 0 bridgehead atoms. The fourth-order valence-electron chi connectivity index (χ4n) is 2.07. The van der Waals surface area contributed by atoms with Crippen molar-refractivity contribution in [2.45, 2.75) is 20.8 Å². The first-order valence-electron chi connectivity index (χ1n) is 7.56. The van der Waals surface area contributed by atoms with Gasteiger partial charge in [0.15, 0.2) is 0 Å². The van der Waals surface area contributed by atoms with E-state index >= 15 is 0 Å². The van der Waals surface area contributed by atoms with Crippen molar-refractivity contribution < 1.29 is 12.8 Å². The first-order valence-corrected chi connectivity index (χ1v) is 9.46. The molecule has 0 saturated heterocycles. The third kappa shape index (κ3) is 4.37. The van der Waals surface area contributed by atoms with Crippen molar-refractivity contribution in [3.63, 3.8) is 0 Å². The molecule has 2 rings (SSSR count). The fourth-order valence-corrected chi connectivity index (χ4v) is 2.64. The summed E-state index contributed by atoms with van der Waals surface area (Å²) in [6.45, 7) is 5.54. The molecule has 0 saturated carbocycles. The maximum absolute atomic E-state index is 14.3. The zero-order valence-electron chi connectivity index (χ0n) is 15.0. The molecule has 1 aromatic heterocycles. The fraction of sp³-hybridized carbons (Fsp3) is 0.312. The SMILES string of the molecule is CC.Cc1cc(=O)n(-c2cc(NS(C)(=O)=O)c(C#N)cc2F)c(=O)n1C. The van der Waals surface area contributed by atoms with Gasteiger partial charge in [0.25, 0.3) is 5.56 Å². The number of nitriles is 1. The van der Waals surface area contributed by atoms with Crippen LogP contribution in [-0.4, -0.2) is 23.8 Å². The Morgan fingerprint density at radius 1 is 1.19 bits per heavy atom. The molecule has 10 heteroatoms. The molecule has 0 spiro atoms. The van der Waals surface area contributed by atoms with Crippen molar-refractivity contribution in [3.05, 3.63) is 56.1 Å². The third-order valence-electron chi connectivity index (χ3n) is 3.30. The Kier molecular flexibility index (Phi) is 6.47. The minimum atomic E-state index is -3.75. The van der Waals surface area contributed by atoms with E-state index in [-0.39, 0.29) is 11.3 Å². The first-order chi connectivity index (χ1) is 12.0. The van der Waals surface area contributed by atoms with Gasteiger partial charge in [0, 0.05) is 18.8 Å². The van der Waals surface area contributed by atoms with E-state index in [0.717, 1.165) is 29.0 Å². The van der Waals surface area contributed by atoms with E-state index in [9.17, 15) is 22.4 Å². The third-order valence-corrected chi connectivity index (χ3v) is 3.89. The number of aromatic nitrogens is 2. The van der Waals surface area contributed by atoms with Gasteiger partial charge in [-0.2, -0.15) is 5.26 Å². The van der Waals surface area contributed by atoms with Crippen LogP contribution in [0.4, 0.5) is 10.1 Å². The molecular formula is C16H19FN4O4S. The van der Waals surface area contributed by atoms with Crippen LogP contribution in [0.25, 0.3) is 5.69 Å². The van der Waals surface area contributed by atoms with Gasteiger partial charge in [0.05, 0.1) is 23.2 Å². The van der Waals surface area contributed by atoms with Gasteiger partial charge in [-0.15, -0.1) is 0 Å². The lowest BCUT2D eigenvalue weighted by atomic mass is 10.1. The molecule has 26 heavy (non-hydrogen) atoms. The summed E-state index contributed by atoms with van der Waals surface area (Å²) in [5.41, 5.74) is -2.15. The van der Waals surface area contributed by atoms with Crippen molar-refractivity contribution in [2.24, 2.45) is 7.05 Å². The summed E-state index contributed by atoms with van der Waals surface area (Å²) in [4.78, 5) is 24.4. The molecule has 1 N–H and O–H groups in total. The lowest BCUT2D eigenvalue weighted by Gasteiger charge is -2.13. The summed E-state index contributed by atoms with van der Waals surface area (Å²) in [5, 5.41) is 9.00. The summed E-state index contributed by atoms with van der Waals surface area (Å²) in [6.07, 6.45) is 0.855. The minimum Gasteiger partial charge on any atom is -0.301 e. The molecule has 1 heterocycles. The minimum absolute atomic E-state index is 0.231. The molecule has 1 aromatic carbocycles. The van der Waals surface area contributed by atoms with Crippen LogP contribution in [0.3, 0.4) is 0 Å². The van der Waals surface area contributed by atoms with E-state index in [0.29, 0.717) is 10.3 Å². The Hall–Kier alpha value is -2.93. The van der Waals surface area contributed by atoms with E-state index < -0.39 is 32.8 Å². The molecule has 0 aliphatic heterocycles. The van der Waals surface area contributed by atoms with Gasteiger partial charge in [0.1, 0.15) is 11.9 Å². The van der Waals surface area contributed by atoms with Crippen molar-refractivity contribution in [1.82, 2.24) is 9.13 Å². The molecular weight excluding hydrogens is 363 g/mol.